The van der Waals surface area contributed by atoms with E-state index in [1.807, 2.05) is 18.2 Å². The van der Waals surface area contributed by atoms with Gasteiger partial charge in [0.1, 0.15) is 5.82 Å². The highest BCUT2D eigenvalue weighted by Gasteiger charge is 2.23. The van der Waals surface area contributed by atoms with Crippen LogP contribution in [0.25, 0.3) is 0 Å². The van der Waals surface area contributed by atoms with Gasteiger partial charge in [-0.25, -0.2) is 13.8 Å². The minimum absolute atomic E-state index is 0.118. The van der Waals surface area contributed by atoms with Crippen molar-refractivity contribution in [3.8, 4) is 0 Å². The summed E-state index contributed by atoms with van der Waals surface area (Å²) in [5.41, 5.74) is 1.33. The Morgan fingerprint density at radius 1 is 0.931 bits per heavy atom. The zero-order chi connectivity index (χ0) is 20.2. The molecule has 148 valence electrons. The molecule has 1 aliphatic rings. The molecule has 3 aromatic rings. The summed E-state index contributed by atoms with van der Waals surface area (Å²) < 4.78 is 26.5. The van der Waals surface area contributed by atoms with Crippen molar-refractivity contribution in [2.24, 2.45) is 0 Å². The topological polar surface area (TPSA) is 61.4 Å². The zero-order valence-corrected chi connectivity index (χ0v) is 15.6. The van der Waals surface area contributed by atoms with E-state index in [2.05, 4.69) is 20.2 Å². The summed E-state index contributed by atoms with van der Waals surface area (Å²) in [7, 11) is 0. The van der Waals surface area contributed by atoms with Crippen LogP contribution in [-0.2, 0) is 0 Å². The van der Waals surface area contributed by atoms with E-state index in [1.165, 1.54) is 18.5 Å². The van der Waals surface area contributed by atoms with Crippen LogP contribution in [0, 0.1) is 11.6 Å². The molecule has 0 saturated carbocycles. The summed E-state index contributed by atoms with van der Waals surface area (Å²) in [4.78, 5) is 25.2. The minimum Gasteiger partial charge on any atom is -0.354 e. The van der Waals surface area contributed by atoms with Crippen molar-refractivity contribution in [3.63, 3.8) is 0 Å². The largest absolute Gasteiger partial charge is 0.354 e. The van der Waals surface area contributed by atoms with E-state index in [4.69, 9.17) is 0 Å². The van der Waals surface area contributed by atoms with Crippen molar-refractivity contribution in [2.45, 2.75) is 0 Å². The highest BCUT2D eigenvalue weighted by molar-refractivity contribution is 5.95. The number of hydrogen-bond acceptors (Lipinski definition) is 5. The second-order valence-electron chi connectivity index (χ2n) is 6.68. The fourth-order valence-electron chi connectivity index (χ4n) is 3.23. The number of pyridine rings is 2. The molecule has 29 heavy (non-hydrogen) atoms. The third kappa shape index (κ3) is 4.31. The van der Waals surface area contributed by atoms with E-state index in [0.717, 1.165) is 18.0 Å². The Bertz CT molecular complexity index is 1010. The molecule has 1 fully saturated rings. The van der Waals surface area contributed by atoms with Crippen LogP contribution in [0.5, 0.6) is 0 Å². The summed E-state index contributed by atoms with van der Waals surface area (Å²) in [6.45, 7) is 2.55. The maximum Gasteiger partial charge on any atom is 0.255 e. The molecule has 1 N–H and O–H groups in total. The van der Waals surface area contributed by atoms with Crippen molar-refractivity contribution < 1.29 is 13.6 Å². The first-order chi connectivity index (χ1) is 14.1. The molecular weight excluding hydrogens is 376 g/mol. The van der Waals surface area contributed by atoms with E-state index in [1.54, 1.807) is 17.2 Å². The second-order valence-corrected chi connectivity index (χ2v) is 6.68. The number of nitrogens with one attached hydrogen (secondary N) is 1. The van der Waals surface area contributed by atoms with Gasteiger partial charge < -0.3 is 15.1 Å². The SMILES string of the molecule is O=C(c1cncc(Nc2ccc(F)c(F)c2)c1)N1CCN(c2ccccn2)CC1. The highest BCUT2D eigenvalue weighted by atomic mass is 19.2. The van der Waals surface area contributed by atoms with Crippen LogP contribution in [0.4, 0.5) is 26.0 Å². The smallest absolute Gasteiger partial charge is 0.255 e. The lowest BCUT2D eigenvalue weighted by molar-refractivity contribution is 0.0746. The quantitative estimate of drug-likeness (QED) is 0.733. The number of piperazine rings is 1. The number of anilines is 3. The van der Waals surface area contributed by atoms with Gasteiger partial charge in [-0.1, -0.05) is 6.07 Å². The van der Waals surface area contributed by atoms with Crippen LogP contribution in [0.2, 0.25) is 0 Å². The van der Waals surface area contributed by atoms with E-state index in [9.17, 15) is 13.6 Å². The number of aromatic nitrogens is 2. The van der Waals surface area contributed by atoms with Crippen molar-refractivity contribution >= 4 is 23.1 Å². The standard InChI is InChI=1S/C21H19F2N5O/c22-18-5-4-16(12-19(18)23)26-17-11-15(13-24-14-17)21(29)28-9-7-27(8-10-28)20-3-1-2-6-25-20/h1-6,11-14,26H,7-10H2. The molecule has 6 nitrogen and oxygen atoms in total. The van der Waals surface area contributed by atoms with Gasteiger partial charge in [0.2, 0.25) is 0 Å². The summed E-state index contributed by atoms with van der Waals surface area (Å²) in [6.07, 6.45) is 4.78. The maximum atomic E-state index is 13.4. The maximum absolute atomic E-state index is 13.4. The lowest BCUT2D eigenvalue weighted by atomic mass is 10.2. The molecular formula is C21H19F2N5O. The number of halogens is 2. The molecule has 1 aliphatic heterocycles. The lowest BCUT2D eigenvalue weighted by Crippen LogP contribution is -2.49. The number of amides is 1. The highest BCUT2D eigenvalue weighted by Crippen LogP contribution is 2.20. The van der Waals surface area contributed by atoms with Gasteiger partial charge in [0.05, 0.1) is 17.4 Å². The lowest BCUT2D eigenvalue weighted by Gasteiger charge is -2.35. The van der Waals surface area contributed by atoms with Crippen molar-refractivity contribution in [1.82, 2.24) is 14.9 Å². The van der Waals surface area contributed by atoms with Gasteiger partial charge in [-0.05, 0) is 30.3 Å². The molecule has 1 amide bonds. The van der Waals surface area contributed by atoms with Crippen molar-refractivity contribution in [2.75, 3.05) is 36.4 Å². The summed E-state index contributed by atoms with van der Waals surface area (Å²) in [5.74, 6) is -1.07. The molecule has 0 atom stereocenters. The second kappa shape index (κ2) is 8.22. The van der Waals surface area contributed by atoms with Crippen LogP contribution < -0.4 is 10.2 Å². The van der Waals surface area contributed by atoms with Crippen LogP contribution in [-0.4, -0.2) is 47.0 Å². The Hall–Kier alpha value is -3.55. The molecule has 0 bridgehead atoms. The normalized spacial score (nSPS) is 14.0. The zero-order valence-electron chi connectivity index (χ0n) is 15.6. The molecule has 8 heteroatoms. The molecule has 3 heterocycles. The summed E-state index contributed by atoms with van der Waals surface area (Å²) >= 11 is 0. The molecule has 0 unspecified atom stereocenters. The molecule has 1 saturated heterocycles. The predicted molar refractivity (Wildman–Crippen MR) is 106 cm³/mol. The fourth-order valence-corrected chi connectivity index (χ4v) is 3.23. The van der Waals surface area contributed by atoms with Gasteiger partial charge in [0.15, 0.2) is 11.6 Å². The average molecular weight is 395 g/mol. The molecule has 0 radical (unpaired) electrons. The first kappa shape index (κ1) is 18.8. The Balaban J connectivity index is 1.41. The third-order valence-electron chi connectivity index (χ3n) is 4.73. The number of carbonyl (C=O) groups excluding carboxylic acids is 1. The number of rotatable bonds is 4. The molecule has 4 rings (SSSR count). The van der Waals surface area contributed by atoms with Crippen molar-refractivity contribution in [3.05, 3.63) is 78.3 Å². The van der Waals surface area contributed by atoms with Gasteiger partial charge in [-0.2, -0.15) is 0 Å². The van der Waals surface area contributed by atoms with Crippen LogP contribution in [0.15, 0.2) is 61.1 Å². The number of carbonyl (C=O) groups is 1. The Kier molecular flexibility index (Phi) is 5.33. The van der Waals surface area contributed by atoms with Crippen LogP contribution in [0.3, 0.4) is 0 Å². The number of hydrogen-bond donors (Lipinski definition) is 1. The minimum atomic E-state index is -0.944. The van der Waals surface area contributed by atoms with E-state index in [0.29, 0.717) is 43.1 Å². The number of nitrogens with zero attached hydrogens (tertiary/aromatic N) is 4. The monoisotopic (exact) mass is 395 g/mol. The third-order valence-corrected chi connectivity index (χ3v) is 4.73. The first-order valence-electron chi connectivity index (χ1n) is 9.22. The molecule has 2 aromatic heterocycles. The average Bonchev–Trinajstić information content (AvgIpc) is 2.77. The van der Waals surface area contributed by atoms with E-state index in [-0.39, 0.29) is 5.91 Å². The van der Waals surface area contributed by atoms with Gasteiger partial charge in [-0.15, -0.1) is 0 Å². The van der Waals surface area contributed by atoms with E-state index >= 15 is 0 Å². The van der Waals surface area contributed by atoms with Crippen LogP contribution in [0.1, 0.15) is 10.4 Å². The fraction of sp³-hybridized carbons (Fsp3) is 0.190. The number of benzene rings is 1. The van der Waals surface area contributed by atoms with Gasteiger partial charge in [0, 0.05) is 50.3 Å². The summed E-state index contributed by atoms with van der Waals surface area (Å²) in [5, 5.41) is 2.94. The van der Waals surface area contributed by atoms with Gasteiger partial charge >= 0.3 is 0 Å². The Labute approximate surface area is 166 Å². The van der Waals surface area contributed by atoms with Gasteiger partial charge in [-0.3, -0.25) is 9.78 Å². The van der Waals surface area contributed by atoms with Crippen LogP contribution >= 0.6 is 0 Å². The van der Waals surface area contributed by atoms with Crippen molar-refractivity contribution in [1.29, 1.82) is 0 Å². The van der Waals surface area contributed by atoms with E-state index < -0.39 is 11.6 Å². The van der Waals surface area contributed by atoms with Gasteiger partial charge in [0.25, 0.3) is 5.91 Å². The molecule has 0 spiro atoms. The molecule has 1 aromatic carbocycles. The Morgan fingerprint density at radius 2 is 1.76 bits per heavy atom. The summed E-state index contributed by atoms with van der Waals surface area (Å²) in [6, 6.07) is 10.9. The Morgan fingerprint density at radius 3 is 2.48 bits per heavy atom. The molecule has 0 aliphatic carbocycles. The predicted octanol–water partition coefficient (Wildman–Crippen LogP) is 3.46. The first-order valence-corrected chi connectivity index (χ1v) is 9.22.